The van der Waals surface area contributed by atoms with Crippen LogP contribution < -0.4 is 4.74 Å². The lowest BCUT2D eigenvalue weighted by molar-refractivity contribution is -0.148. The quantitative estimate of drug-likeness (QED) is 0.905. The molecule has 2 aliphatic heterocycles. The van der Waals surface area contributed by atoms with Crippen LogP contribution >= 0.6 is 0 Å². The van der Waals surface area contributed by atoms with Crippen molar-refractivity contribution in [2.75, 3.05) is 13.1 Å². The van der Waals surface area contributed by atoms with Gasteiger partial charge in [0.1, 0.15) is 11.9 Å². The summed E-state index contributed by atoms with van der Waals surface area (Å²) in [5, 5.41) is 11.7. The fourth-order valence-corrected chi connectivity index (χ4v) is 5.57. The van der Waals surface area contributed by atoms with Crippen LogP contribution in [0.25, 0.3) is 0 Å². The lowest BCUT2D eigenvalue weighted by Crippen LogP contribution is -2.57. The van der Waals surface area contributed by atoms with E-state index in [-0.39, 0.29) is 11.8 Å². The summed E-state index contributed by atoms with van der Waals surface area (Å²) in [5.74, 6) is 1.62. The van der Waals surface area contributed by atoms with Crippen LogP contribution in [0.1, 0.15) is 42.9 Å². The maximum Gasteiger partial charge on any atom is 0.123 e. The smallest absolute Gasteiger partial charge is 0.123 e. The molecule has 1 aromatic carbocycles. The van der Waals surface area contributed by atoms with Gasteiger partial charge in [0.05, 0.1) is 5.60 Å². The summed E-state index contributed by atoms with van der Waals surface area (Å²) >= 11 is 0. The van der Waals surface area contributed by atoms with E-state index < -0.39 is 5.60 Å². The first-order valence-electron chi connectivity index (χ1n) is 10.3. The molecule has 1 saturated carbocycles. The van der Waals surface area contributed by atoms with Gasteiger partial charge in [0.2, 0.25) is 0 Å². The molecule has 3 atom stereocenters. The summed E-state index contributed by atoms with van der Waals surface area (Å²) in [4.78, 5) is 6.81. The molecular formula is C23H28N2O2. The third-order valence-corrected chi connectivity index (χ3v) is 6.80. The highest BCUT2D eigenvalue weighted by atomic mass is 16.5. The van der Waals surface area contributed by atoms with Gasteiger partial charge in [-0.25, -0.2) is 0 Å². The van der Waals surface area contributed by atoms with E-state index >= 15 is 0 Å². The van der Waals surface area contributed by atoms with Gasteiger partial charge in [0.25, 0.3) is 0 Å². The number of fused-ring (bicyclic) bond motifs is 3. The van der Waals surface area contributed by atoms with Gasteiger partial charge in [-0.1, -0.05) is 24.6 Å². The Morgan fingerprint density at radius 2 is 2.04 bits per heavy atom. The largest absolute Gasteiger partial charge is 0.490 e. The Hall–Kier alpha value is -1.91. The van der Waals surface area contributed by atoms with Gasteiger partial charge in [-0.05, 0) is 43.0 Å². The lowest BCUT2D eigenvalue weighted by atomic mass is 9.63. The molecule has 2 fully saturated rings. The number of benzene rings is 1. The third kappa shape index (κ3) is 2.95. The number of ether oxygens (including phenoxy) is 1. The van der Waals surface area contributed by atoms with Crippen LogP contribution in [0.4, 0.5) is 0 Å². The van der Waals surface area contributed by atoms with Crippen molar-refractivity contribution in [3.63, 3.8) is 0 Å². The Balaban J connectivity index is 1.36. The Morgan fingerprint density at radius 3 is 2.78 bits per heavy atom. The molecule has 3 aliphatic rings. The minimum atomic E-state index is -0.718. The number of hydrogen-bond acceptors (Lipinski definition) is 4. The second-order valence-electron chi connectivity index (χ2n) is 8.66. The van der Waals surface area contributed by atoms with E-state index in [4.69, 9.17) is 4.74 Å². The normalized spacial score (nSPS) is 32.7. The third-order valence-electron chi connectivity index (χ3n) is 6.80. The number of rotatable bonds is 3. The van der Waals surface area contributed by atoms with Gasteiger partial charge in [-0.3, -0.25) is 9.88 Å². The molecule has 0 spiro atoms. The van der Waals surface area contributed by atoms with E-state index in [1.807, 2.05) is 12.3 Å². The molecular weight excluding hydrogens is 336 g/mol. The van der Waals surface area contributed by atoms with E-state index in [0.717, 1.165) is 50.2 Å². The average molecular weight is 364 g/mol. The number of nitrogens with zero attached hydrogens (tertiary/aromatic N) is 2. The van der Waals surface area contributed by atoms with Crippen LogP contribution in [0.2, 0.25) is 0 Å². The monoisotopic (exact) mass is 364 g/mol. The second kappa shape index (κ2) is 6.61. The zero-order valence-electron chi connectivity index (χ0n) is 16.0. The van der Waals surface area contributed by atoms with E-state index in [1.54, 1.807) is 6.20 Å². The SMILES string of the molecule is CC1Cc2cc(CN3CC4CCCC(C3)C4(O)c3cccnc3)ccc2O1. The van der Waals surface area contributed by atoms with Gasteiger partial charge < -0.3 is 9.84 Å². The van der Waals surface area contributed by atoms with Crippen LogP contribution in [-0.4, -0.2) is 34.2 Å². The molecule has 2 bridgehead atoms. The molecule has 142 valence electrons. The molecule has 4 heteroatoms. The van der Waals surface area contributed by atoms with Crippen LogP contribution in [0, 0.1) is 11.8 Å². The fourth-order valence-electron chi connectivity index (χ4n) is 5.57. The first-order chi connectivity index (χ1) is 13.1. The molecule has 1 N–H and O–H groups in total. The van der Waals surface area contributed by atoms with Crippen molar-refractivity contribution in [1.29, 1.82) is 0 Å². The molecule has 1 aromatic heterocycles. The van der Waals surface area contributed by atoms with Crippen LogP contribution in [0.3, 0.4) is 0 Å². The minimum absolute atomic E-state index is 0.284. The van der Waals surface area contributed by atoms with E-state index in [2.05, 4.69) is 41.1 Å². The maximum atomic E-state index is 11.7. The predicted molar refractivity (Wildman–Crippen MR) is 104 cm³/mol. The fraction of sp³-hybridized carbons (Fsp3) is 0.522. The first kappa shape index (κ1) is 17.2. The van der Waals surface area contributed by atoms with Crippen LogP contribution in [-0.2, 0) is 18.6 Å². The van der Waals surface area contributed by atoms with Crippen molar-refractivity contribution in [3.05, 3.63) is 59.4 Å². The number of pyridine rings is 1. The first-order valence-corrected chi connectivity index (χ1v) is 10.3. The molecule has 3 unspecified atom stereocenters. The molecule has 0 radical (unpaired) electrons. The summed E-state index contributed by atoms with van der Waals surface area (Å²) in [5.41, 5.74) is 2.98. The summed E-state index contributed by atoms with van der Waals surface area (Å²) < 4.78 is 5.84. The molecule has 2 aromatic rings. The molecule has 1 saturated heterocycles. The predicted octanol–water partition coefficient (Wildman–Crippen LogP) is 3.52. The number of aromatic nitrogens is 1. The van der Waals surface area contributed by atoms with Gasteiger partial charge in [-0.15, -0.1) is 0 Å². The molecule has 0 amide bonds. The Morgan fingerprint density at radius 1 is 1.22 bits per heavy atom. The number of likely N-dealkylation sites (tertiary alicyclic amines) is 1. The van der Waals surface area contributed by atoms with Gasteiger partial charge in [0.15, 0.2) is 0 Å². The number of hydrogen-bond donors (Lipinski definition) is 1. The van der Waals surface area contributed by atoms with Crippen molar-refractivity contribution in [2.24, 2.45) is 11.8 Å². The van der Waals surface area contributed by atoms with E-state index in [0.29, 0.717) is 6.10 Å². The highest BCUT2D eigenvalue weighted by Gasteiger charge is 2.51. The van der Waals surface area contributed by atoms with Gasteiger partial charge >= 0.3 is 0 Å². The Labute approximate surface area is 161 Å². The zero-order valence-corrected chi connectivity index (χ0v) is 16.0. The lowest BCUT2D eigenvalue weighted by Gasteiger charge is -2.53. The molecule has 1 aliphatic carbocycles. The van der Waals surface area contributed by atoms with Crippen molar-refractivity contribution in [1.82, 2.24) is 9.88 Å². The summed E-state index contributed by atoms with van der Waals surface area (Å²) in [7, 11) is 0. The Bertz CT molecular complexity index is 808. The standard InChI is InChI=1S/C23H28N2O2/c1-16-10-18-11-17(7-8-22(18)27-16)13-25-14-20-4-2-5-21(15-25)23(20,26)19-6-3-9-24-12-19/h3,6-9,11-12,16,20-21,26H,2,4-5,10,13-15H2,1H3. The highest BCUT2D eigenvalue weighted by Crippen LogP contribution is 2.49. The Kier molecular flexibility index (Phi) is 4.21. The zero-order chi connectivity index (χ0) is 18.4. The van der Waals surface area contributed by atoms with Crippen molar-refractivity contribution >= 4 is 0 Å². The summed E-state index contributed by atoms with van der Waals surface area (Å²) in [6.07, 6.45) is 8.36. The minimum Gasteiger partial charge on any atom is -0.490 e. The molecule has 4 nitrogen and oxygen atoms in total. The topological polar surface area (TPSA) is 45.6 Å². The number of aliphatic hydroxyl groups is 1. The summed E-state index contributed by atoms with van der Waals surface area (Å²) in [6, 6.07) is 10.6. The molecule has 5 rings (SSSR count). The van der Waals surface area contributed by atoms with Crippen molar-refractivity contribution in [3.8, 4) is 5.75 Å². The maximum absolute atomic E-state index is 11.7. The average Bonchev–Trinajstić information content (AvgIpc) is 3.03. The van der Waals surface area contributed by atoms with Crippen LogP contribution in [0.5, 0.6) is 5.75 Å². The van der Waals surface area contributed by atoms with E-state index in [9.17, 15) is 5.11 Å². The van der Waals surface area contributed by atoms with Crippen molar-refractivity contribution in [2.45, 2.75) is 50.9 Å². The summed E-state index contributed by atoms with van der Waals surface area (Å²) in [6.45, 7) is 4.99. The second-order valence-corrected chi connectivity index (χ2v) is 8.66. The molecule has 3 heterocycles. The van der Waals surface area contributed by atoms with E-state index in [1.165, 1.54) is 17.5 Å². The highest BCUT2D eigenvalue weighted by molar-refractivity contribution is 5.40. The van der Waals surface area contributed by atoms with Crippen LogP contribution in [0.15, 0.2) is 42.7 Å². The number of piperidine rings is 1. The van der Waals surface area contributed by atoms with Crippen molar-refractivity contribution < 1.29 is 9.84 Å². The molecule has 27 heavy (non-hydrogen) atoms. The van der Waals surface area contributed by atoms with Gasteiger partial charge in [0, 0.05) is 55.8 Å². The van der Waals surface area contributed by atoms with Gasteiger partial charge in [-0.2, -0.15) is 0 Å².